The van der Waals surface area contributed by atoms with E-state index in [2.05, 4.69) is 37.9 Å². The summed E-state index contributed by atoms with van der Waals surface area (Å²) < 4.78 is 0. The molecule has 122 valence electrons. The minimum absolute atomic E-state index is 0.165. The van der Waals surface area contributed by atoms with Crippen molar-refractivity contribution in [1.82, 2.24) is 4.90 Å². The van der Waals surface area contributed by atoms with Crippen LogP contribution in [0.5, 0.6) is 0 Å². The van der Waals surface area contributed by atoms with Gasteiger partial charge in [0, 0.05) is 42.5 Å². The van der Waals surface area contributed by atoms with Crippen LogP contribution in [0.4, 0.5) is 11.4 Å². The second kappa shape index (κ2) is 7.09. The fourth-order valence-corrected chi connectivity index (χ4v) is 3.29. The number of benzene rings is 1. The lowest BCUT2D eigenvalue weighted by molar-refractivity contribution is -0.384. The second-order valence-electron chi connectivity index (χ2n) is 6.69. The molecule has 0 fully saturated rings. The molecule has 0 saturated carbocycles. The molecule has 1 aliphatic heterocycles. The number of nitrogens with one attached hydrogen (secondary N) is 1. The van der Waals surface area contributed by atoms with E-state index in [9.17, 15) is 10.1 Å². The summed E-state index contributed by atoms with van der Waals surface area (Å²) in [5.41, 5.74) is 2.29. The lowest BCUT2D eigenvalue weighted by Crippen LogP contribution is -2.40. The SMILES string of the molecule is CC(C)N(CCC1CCc2ccc([N+](=O)[O-])cc2N1)C(C)C. The van der Waals surface area contributed by atoms with Crippen LogP contribution in [0.25, 0.3) is 0 Å². The number of fused-ring (bicyclic) bond motifs is 1. The van der Waals surface area contributed by atoms with Crippen LogP contribution >= 0.6 is 0 Å². The zero-order valence-corrected chi connectivity index (χ0v) is 14.0. The molecule has 0 aliphatic carbocycles. The zero-order chi connectivity index (χ0) is 16.3. The highest BCUT2D eigenvalue weighted by Gasteiger charge is 2.22. The van der Waals surface area contributed by atoms with E-state index in [-0.39, 0.29) is 10.6 Å². The minimum Gasteiger partial charge on any atom is -0.382 e. The third-order valence-corrected chi connectivity index (χ3v) is 4.49. The average Bonchev–Trinajstić information content (AvgIpc) is 2.45. The molecule has 0 radical (unpaired) electrons. The topological polar surface area (TPSA) is 58.4 Å². The molecule has 1 aliphatic rings. The molecule has 1 aromatic carbocycles. The van der Waals surface area contributed by atoms with Gasteiger partial charge >= 0.3 is 0 Å². The molecule has 22 heavy (non-hydrogen) atoms. The van der Waals surface area contributed by atoms with Crippen molar-refractivity contribution in [3.05, 3.63) is 33.9 Å². The predicted molar refractivity (Wildman–Crippen MR) is 90.4 cm³/mol. The van der Waals surface area contributed by atoms with E-state index in [1.807, 2.05) is 6.07 Å². The molecule has 2 rings (SSSR count). The Hall–Kier alpha value is -1.62. The molecule has 0 saturated heterocycles. The first-order valence-electron chi connectivity index (χ1n) is 8.18. The standard InChI is InChI=1S/C17H27N3O2/c1-12(2)19(13(3)4)10-9-15-7-5-14-6-8-16(20(21)22)11-17(14)18-15/h6,8,11-13,15,18H,5,7,9-10H2,1-4H3. The highest BCUT2D eigenvalue weighted by molar-refractivity contribution is 5.59. The predicted octanol–water partition coefficient (Wildman–Crippen LogP) is 3.83. The highest BCUT2D eigenvalue weighted by Crippen LogP contribution is 2.29. The smallest absolute Gasteiger partial charge is 0.271 e. The molecule has 1 atom stereocenters. The molecule has 5 nitrogen and oxygen atoms in total. The molecule has 1 unspecified atom stereocenters. The van der Waals surface area contributed by atoms with E-state index in [1.54, 1.807) is 12.1 Å². The summed E-state index contributed by atoms with van der Waals surface area (Å²) in [5, 5.41) is 14.4. The Morgan fingerprint density at radius 2 is 2.00 bits per heavy atom. The Morgan fingerprint density at radius 3 is 2.59 bits per heavy atom. The first-order chi connectivity index (χ1) is 10.4. The van der Waals surface area contributed by atoms with Gasteiger partial charge in [-0.1, -0.05) is 6.07 Å². The van der Waals surface area contributed by atoms with Crippen LogP contribution in [0.2, 0.25) is 0 Å². The average molecular weight is 305 g/mol. The number of nitrogens with zero attached hydrogens (tertiary/aromatic N) is 2. The third-order valence-electron chi connectivity index (χ3n) is 4.49. The summed E-state index contributed by atoms with van der Waals surface area (Å²) in [6.45, 7) is 9.97. The van der Waals surface area contributed by atoms with E-state index < -0.39 is 0 Å². The monoisotopic (exact) mass is 305 g/mol. The van der Waals surface area contributed by atoms with E-state index in [4.69, 9.17) is 0 Å². The van der Waals surface area contributed by atoms with Crippen LogP contribution in [0.1, 0.15) is 46.1 Å². The van der Waals surface area contributed by atoms with E-state index in [0.29, 0.717) is 18.1 Å². The maximum Gasteiger partial charge on any atom is 0.271 e. The maximum absolute atomic E-state index is 10.9. The Kier molecular flexibility index (Phi) is 5.40. The Balaban J connectivity index is 1.99. The van der Waals surface area contributed by atoms with Gasteiger partial charge in [0.2, 0.25) is 0 Å². The molecular formula is C17H27N3O2. The fraction of sp³-hybridized carbons (Fsp3) is 0.647. The van der Waals surface area contributed by atoms with Crippen LogP contribution < -0.4 is 5.32 Å². The third kappa shape index (κ3) is 3.97. The maximum atomic E-state index is 10.9. The molecular weight excluding hydrogens is 278 g/mol. The van der Waals surface area contributed by atoms with Gasteiger partial charge in [0.15, 0.2) is 0 Å². The van der Waals surface area contributed by atoms with Crippen LogP contribution in [0, 0.1) is 10.1 Å². The number of anilines is 1. The van der Waals surface area contributed by atoms with Gasteiger partial charge in [-0.25, -0.2) is 0 Å². The van der Waals surface area contributed by atoms with E-state index >= 15 is 0 Å². The summed E-state index contributed by atoms with van der Waals surface area (Å²) >= 11 is 0. The lowest BCUT2D eigenvalue weighted by atomic mass is 9.95. The van der Waals surface area contributed by atoms with E-state index in [1.165, 1.54) is 5.56 Å². The van der Waals surface area contributed by atoms with Crippen molar-refractivity contribution in [2.24, 2.45) is 0 Å². The quantitative estimate of drug-likeness (QED) is 0.641. The molecule has 1 N–H and O–H groups in total. The van der Waals surface area contributed by atoms with Crippen molar-refractivity contribution >= 4 is 11.4 Å². The van der Waals surface area contributed by atoms with Gasteiger partial charge < -0.3 is 5.32 Å². The van der Waals surface area contributed by atoms with Crippen LogP contribution in [0.15, 0.2) is 18.2 Å². The van der Waals surface area contributed by atoms with Crippen molar-refractivity contribution in [1.29, 1.82) is 0 Å². The number of hydrogen-bond donors (Lipinski definition) is 1. The number of rotatable bonds is 6. The molecule has 5 heteroatoms. The Labute approximate surface area is 132 Å². The Morgan fingerprint density at radius 1 is 1.32 bits per heavy atom. The zero-order valence-electron chi connectivity index (χ0n) is 14.0. The van der Waals surface area contributed by atoms with Crippen LogP contribution in [-0.2, 0) is 6.42 Å². The fourth-order valence-electron chi connectivity index (χ4n) is 3.29. The van der Waals surface area contributed by atoms with Crippen molar-refractivity contribution in [2.75, 3.05) is 11.9 Å². The van der Waals surface area contributed by atoms with Crippen molar-refractivity contribution in [3.63, 3.8) is 0 Å². The number of nitro benzene ring substituents is 1. The normalized spacial score (nSPS) is 17.7. The molecule has 1 aromatic rings. The molecule has 1 heterocycles. The van der Waals surface area contributed by atoms with Gasteiger partial charge in [-0.05, 0) is 52.5 Å². The summed E-state index contributed by atoms with van der Waals surface area (Å²) in [4.78, 5) is 13.1. The van der Waals surface area contributed by atoms with Crippen molar-refractivity contribution < 1.29 is 4.92 Å². The van der Waals surface area contributed by atoms with Gasteiger partial charge in [0.1, 0.15) is 0 Å². The van der Waals surface area contributed by atoms with Crippen molar-refractivity contribution in [3.8, 4) is 0 Å². The number of aryl methyl sites for hydroxylation is 1. The van der Waals surface area contributed by atoms with Gasteiger partial charge in [-0.15, -0.1) is 0 Å². The molecule has 0 spiro atoms. The highest BCUT2D eigenvalue weighted by atomic mass is 16.6. The second-order valence-corrected chi connectivity index (χ2v) is 6.69. The summed E-state index contributed by atoms with van der Waals surface area (Å²) in [6, 6.07) is 6.62. The van der Waals surface area contributed by atoms with Gasteiger partial charge in [-0.2, -0.15) is 0 Å². The lowest BCUT2D eigenvalue weighted by Gasteiger charge is -2.33. The van der Waals surface area contributed by atoms with E-state index in [0.717, 1.165) is 31.5 Å². The van der Waals surface area contributed by atoms with Crippen molar-refractivity contribution in [2.45, 2.75) is 65.1 Å². The number of non-ortho nitro benzene ring substituents is 1. The van der Waals surface area contributed by atoms with Gasteiger partial charge in [-0.3, -0.25) is 15.0 Å². The summed E-state index contributed by atoms with van der Waals surface area (Å²) in [5.74, 6) is 0. The summed E-state index contributed by atoms with van der Waals surface area (Å²) in [7, 11) is 0. The van der Waals surface area contributed by atoms with Crippen LogP contribution in [0.3, 0.4) is 0 Å². The summed E-state index contributed by atoms with van der Waals surface area (Å²) in [6.07, 6.45) is 3.15. The van der Waals surface area contributed by atoms with Gasteiger partial charge in [0.05, 0.1) is 4.92 Å². The molecule has 0 amide bonds. The molecule has 0 aromatic heterocycles. The van der Waals surface area contributed by atoms with Gasteiger partial charge in [0.25, 0.3) is 5.69 Å². The first-order valence-corrected chi connectivity index (χ1v) is 8.18. The van der Waals surface area contributed by atoms with Crippen LogP contribution in [-0.4, -0.2) is 34.5 Å². The first kappa shape index (κ1) is 16.7. The number of nitro groups is 1. The molecule has 0 bridgehead atoms. The largest absolute Gasteiger partial charge is 0.382 e. The number of hydrogen-bond acceptors (Lipinski definition) is 4. The Bertz CT molecular complexity index is 521. The minimum atomic E-state index is -0.329.